The third-order valence-corrected chi connectivity index (χ3v) is 10.6. The second-order valence-corrected chi connectivity index (χ2v) is 13.9. The molecular weight excluding hydrogens is 568 g/mol. The fraction of sp³-hybridized carbons (Fsp3) is 1.00. The molecule has 0 saturated heterocycles. The lowest BCUT2D eigenvalue weighted by atomic mass is 9.73. The Bertz CT molecular complexity index is 564. The lowest BCUT2D eigenvalue weighted by Gasteiger charge is -2.37. The maximum atomic E-state index is 3.69. The van der Waals surface area contributed by atoms with Gasteiger partial charge in [0.15, 0.2) is 0 Å². The van der Waals surface area contributed by atoms with E-state index in [0.29, 0.717) is 0 Å². The summed E-state index contributed by atoms with van der Waals surface area (Å²) in [5.74, 6) is 3.66. The van der Waals surface area contributed by atoms with Crippen molar-refractivity contribution in [3.8, 4) is 0 Å². The fourth-order valence-electron chi connectivity index (χ4n) is 6.79. The van der Waals surface area contributed by atoms with Gasteiger partial charge in [-0.15, -0.1) is 0 Å². The minimum absolute atomic E-state index is 0.911. The SMILES string of the molecule is CCN(CC)CCCNCC1CCC1CNCCCN(CC)CC.CCNCCCCNCC1CCC1CNCCCCNCC. The summed E-state index contributed by atoms with van der Waals surface area (Å²) in [7, 11) is 0. The molecule has 276 valence electrons. The summed E-state index contributed by atoms with van der Waals surface area (Å²) >= 11 is 0. The maximum absolute atomic E-state index is 3.69. The molecule has 0 aromatic rings. The van der Waals surface area contributed by atoms with Gasteiger partial charge in [0.05, 0.1) is 0 Å². The standard InChI is InChI=1S/C20H44N4.C18H40N4/c1-5-23(6-2)15-9-13-21-17-19-11-12-20(19)18-22-14-10-16-24(7-3)8-4;1-3-19-11-5-7-13-21-15-17-9-10-18(17)16-22-14-8-6-12-20-4-2/h19-22H,5-18H2,1-4H3;17-22H,3-16H2,1-2H3. The van der Waals surface area contributed by atoms with E-state index in [0.717, 1.165) is 36.8 Å². The average molecular weight is 653 g/mol. The Morgan fingerprint density at radius 3 is 0.870 bits per heavy atom. The van der Waals surface area contributed by atoms with Gasteiger partial charge in [-0.1, -0.05) is 41.5 Å². The number of rotatable bonds is 32. The number of nitrogens with one attached hydrogen (secondary N) is 6. The van der Waals surface area contributed by atoms with E-state index >= 15 is 0 Å². The number of nitrogens with zero attached hydrogens (tertiary/aromatic N) is 2. The molecule has 8 nitrogen and oxygen atoms in total. The van der Waals surface area contributed by atoms with Crippen molar-refractivity contribution in [3.05, 3.63) is 0 Å². The molecule has 4 atom stereocenters. The predicted octanol–water partition coefficient (Wildman–Crippen LogP) is 4.63. The van der Waals surface area contributed by atoms with Crippen molar-refractivity contribution in [1.82, 2.24) is 41.7 Å². The van der Waals surface area contributed by atoms with Gasteiger partial charge in [-0.05, 0) is 206 Å². The smallest absolute Gasteiger partial charge is 0.000687 e. The summed E-state index contributed by atoms with van der Waals surface area (Å²) in [5.41, 5.74) is 0. The van der Waals surface area contributed by atoms with Crippen LogP contribution in [0.4, 0.5) is 0 Å². The highest BCUT2D eigenvalue weighted by molar-refractivity contribution is 4.84. The zero-order chi connectivity index (χ0) is 33.5. The van der Waals surface area contributed by atoms with Crippen LogP contribution in [0.15, 0.2) is 0 Å². The Kier molecular flexibility index (Phi) is 30.3. The van der Waals surface area contributed by atoms with E-state index in [-0.39, 0.29) is 0 Å². The molecule has 2 aliphatic carbocycles. The molecule has 6 N–H and O–H groups in total. The van der Waals surface area contributed by atoms with Gasteiger partial charge in [0.2, 0.25) is 0 Å². The predicted molar refractivity (Wildman–Crippen MR) is 204 cm³/mol. The van der Waals surface area contributed by atoms with Gasteiger partial charge >= 0.3 is 0 Å². The van der Waals surface area contributed by atoms with Crippen molar-refractivity contribution in [1.29, 1.82) is 0 Å². The normalized spacial score (nSPS) is 20.9. The largest absolute Gasteiger partial charge is 0.317 e. The molecule has 8 heteroatoms. The Morgan fingerprint density at radius 2 is 0.630 bits per heavy atom. The lowest BCUT2D eigenvalue weighted by molar-refractivity contribution is 0.166. The second-order valence-electron chi connectivity index (χ2n) is 13.9. The molecular formula is C38H84N8. The lowest BCUT2D eigenvalue weighted by Crippen LogP contribution is -2.41. The van der Waals surface area contributed by atoms with Crippen LogP contribution >= 0.6 is 0 Å². The minimum Gasteiger partial charge on any atom is -0.317 e. The van der Waals surface area contributed by atoms with Gasteiger partial charge in [-0.2, -0.15) is 0 Å². The van der Waals surface area contributed by atoms with E-state index in [9.17, 15) is 0 Å². The topological polar surface area (TPSA) is 78.7 Å². The molecule has 4 unspecified atom stereocenters. The van der Waals surface area contributed by atoms with Crippen LogP contribution in [-0.2, 0) is 0 Å². The average Bonchev–Trinajstić information content (AvgIpc) is 3.05. The van der Waals surface area contributed by atoms with E-state index in [4.69, 9.17) is 0 Å². The molecule has 0 spiro atoms. The van der Waals surface area contributed by atoms with Gasteiger partial charge < -0.3 is 41.7 Å². The van der Waals surface area contributed by atoms with Crippen LogP contribution in [0.1, 0.15) is 106 Å². The van der Waals surface area contributed by atoms with Crippen molar-refractivity contribution in [2.24, 2.45) is 23.7 Å². The Labute approximate surface area is 288 Å². The molecule has 0 aromatic heterocycles. The van der Waals surface area contributed by atoms with Crippen LogP contribution in [0, 0.1) is 23.7 Å². The summed E-state index contributed by atoms with van der Waals surface area (Å²) in [4.78, 5) is 5.02. The second kappa shape index (κ2) is 31.9. The van der Waals surface area contributed by atoms with Gasteiger partial charge in [0, 0.05) is 0 Å². The first kappa shape index (κ1) is 43.7. The molecule has 2 fully saturated rings. The van der Waals surface area contributed by atoms with Crippen LogP contribution in [0.5, 0.6) is 0 Å². The van der Waals surface area contributed by atoms with Crippen LogP contribution in [0.25, 0.3) is 0 Å². The minimum atomic E-state index is 0.911. The van der Waals surface area contributed by atoms with Crippen molar-refractivity contribution in [3.63, 3.8) is 0 Å². The van der Waals surface area contributed by atoms with Crippen LogP contribution in [0.2, 0.25) is 0 Å². The van der Waals surface area contributed by atoms with Crippen LogP contribution in [0.3, 0.4) is 0 Å². The Morgan fingerprint density at radius 1 is 0.370 bits per heavy atom. The molecule has 0 heterocycles. The van der Waals surface area contributed by atoms with Crippen LogP contribution < -0.4 is 31.9 Å². The summed E-state index contributed by atoms with van der Waals surface area (Å²) in [6, 6.07) is 0. The quantitative estimate of drug-likeness (QED) is 0.0588. The Balaban J connectivity index is 0.000000462. The van der Waals surface area contributed by atoms with E-state index in [1.807, 2.05) is 0 Å². The van der Waals surface area contributed by atoms with Gasteiger partial charge in [-0.3, -0.25) is 0 Å². The molecule has 0 aliphatic heterocycles. The maximum Gasteiger partial charge on any atom is -0.000687 e. The zero-order valence-electron chi connectivity index (χ0n) is 32.0. The van der Waals surface area contributed by atoms with Gasteiger partial charge in [0.1, 0.15) is 0 Å². The first-order chi connectivity index (χ1) is 22.6. The van der Waals surface area contributed by atoms with Crippen molar-refractivity contribution >= 4 is 0 Å². The number of hydrogen-bond acceptors (Lipinski definition) is 8. The first-order valence-electron chi connectivity index (χ1n) is 20.3. The summed E-state index contributed by atoms with van der Waals surface area (Å²) < 4.78 is 0. The molecule has 0 bridgehead atoms. The molecule has 0 aromatic carbocycles. The molecule has 2 saturated carbocycles. The highest BCUT2D eigenvalue weighted by Gasteiger charge is 2.30. The molecule has 46 heavy (non-hydrogen) atoms. The third-order valence-electron chi connectivity index (χ3n) is 10.6. The van der Waals surface area contributed by atoms with Gasteiger partial charge in [-0.25, -0.2) is 0 Å². The summed E-state index contributed by atoms with van der Waals surface area (Å²) in [6.45, 7) is 34.7. The number of unbranched alkanes of at least 4 members (excludes halogenated alkanes) is 2. The van der Waals surface area contributed by atoms with E-state index in [1.165, 1.54) is 169 Å². The molecule has 2 aliphatic rings. The van der Waals surface area contributed by atoms with Crippen molar-refractivity contribution < 1.29 is 0 Å². The Hall–Kier alpha value is -0.320. The molecule has 2 rings (SSSR count). The van der Waals surface area contributed by atoms with Crippen LogP contribution in [-0.4, -0.2) is 128 Å². The van der Waals surface area contributed by atoms with Gasteiger partial charge in [0.25, 0.3) is 0 Å². The monoisotopic (exact) mass is 653 g/mol. The third kappa shape index (κ3) is 22.3. The fourth-order valence-corrected chi connectivity index (χ4v) is 6.79. The molecule has 0 amide bonds. The number of hydrogen-bond donors (Lipinski definition) is 6. The van der Waals surface area contributed by atoms with Crippen molar-refractivity contribution in [2.75, 3.05) is 118 Å². The van der Waals surface area contributed by atoms with E-state index < -0.39 is 0 Å². The highest BCUT2D eigenvalue weighted by atomic mass is 15.1. The highest BCUT2D eigenvalue weighted by Crippen LogP contribution is 2.33. The van der Waals surface area contributed by atoms with E-state index in [2.05, 4.69) is 83.2 Å². The van der Waals surface area contributed by atoms with E-state index in [1.54, 1.807) is 0 Å². The first-order valence-corrected chi connectivity index (χ1v) is 20.3. The summed E-state index contributed by atoms with van der Waals surface area (Å²) in [6.07, 6.45) is 13.5. The zero-order valence-corrected chi connectivity index (χ0v) is 32.0. The summed E-state index contributed by atoms with van der Waals surface area (Å²) in [5, 5.41) is 21.5. The van der Waals surface area contributed by atoms with Crippen molar-refractivity contribution in [2.45, 2.75) is 106 Å². The molecule has 0 radical (unpaired) electrons.